The first kappa shape index (κ1) is 7.92. The van der Waals surface area contributed by atoms with Crippen molar-refractivity contribution in [2.24, 2.45) is 11.7 Å². The monoisotopic (exact) mass is 135 g/mol. The largest absolute Gasteiger partial charge is 0.320 e. The molecule has 0 bridgehead atoms. The van der Waals surface area contributed by atoms with Gasteiger partial charge in [0, 0.05) is 0 Å². The first-order valence-corrected chi connectivity index (χ1v) is 2.88. The second-order valence-corrected chi connectivity index (χ2v) is 2.45. The number of hydrogen-bond donors (Lipinski definition) is 1. The molecule has 3 heteroatoms. The minimum Gasteiger partial charge on any atom is -0.320 e. The van der Waals surface area contributed by atoms with E-state index in [1.807, 2.05) is 13.8 Å². The standard InChI is InChI=1S/C5H10ClNO/c1-3(2)4(7)5(6)8/h3-4H,7H2,1-2H3. The Bertz CT molecular complexity index is 92.4. The summed E-state index contributed by atoms with van der Waals surface area (Å²) in [6, 6.07) is -0.503. The van der Waals surface area contributed by atoms with Crippen LogP contribution in [0.4, 0.5) is 0 Å². The van der Waals surface area contributed by atoms with Crippen molar-refractivity contribution < 1.29 is 4.79 Å². The van der Waals surface area contributed by atoms with E-state index in [1.165, 1.54) is 0 Å². The van der Waals surface area contributed by atoms with E-state index >= 15 is 0 Å². The Kier molecular flexibility index (Phi) is 3.02. The summed E-state index contributed by atoms with van der Waals surface area (Å²) in [5.74, 6) is 0.139. The molecular formula is C5H10ClNO. The lowest BCUT2D eigenvalue weighted by Gasteiger charge is -2.08. The predicted octanol–water partition coefficient (Wildman–Crippen LogP) is 0.735. The molecule has 0 aliphatic rings. The summed E-state index contributed by atoms with van der Waals surface area (Å²) in [7, 11) is 0. The lowest BCUT2D eigenvalue weighted by molar-refractivity contribution is -0.113. The van der Waals surface area contributed by atoms with Gasteiger partial charge in [-0.05, 0) is 17.5 Å². The predicted molar refractivity (Wildman–Crippen MR) is 33.7 cm³/mol. The molecule has 48 valence electrons. The van der Waals surface area contributed by atoms with Crippen molar-refractivity contribution in [2.45, 2.75) is 19.9 Å². The Morgan fingerprint density at radius 3 is 2.00 bits per heavy atom. The van der Waals surface area contributed by atoms with Gasteiger partial charge in [0.1, 0.15) is 0 Å². The Hall–Kier alpha value is -0.0800. The normalized spacial score (nSPS) is 14.1. The third kappa shape index (κ3) is 2.28. The van der Waals surface area contributed by atoms with E-state index in [9.17, 15) is 4.79 Å². The molecule has 0 radical (unpaired) electrons. The van der Waals surface area contributed by atoms with Crippen LogP contribution in [0.5, 0.6) is 0 Å². The van der Waals surface area contributed by atoms with E-state index in [4.69, 9.17) is 17.3 Å². The highest BCUT2D eigenvalue weighted by Gasteiger charge is 2.13. The van der Waals surface area contributed by atoms with E-state index in [0.29, 0.717) is 0 Å². The molecule has 0 heterocycles. The molecule has 0 rings (SSSR count). The van der Waals surface area contributed by atoms with Crippen molar-refractivity contribution in [3.8, 4) is 0 Å². The van der Waals surface area contributed by atoms with Gasteiger partial charge >= 0.3 is 0 Å². The second kappa shape index (κ2) is 3.05. The summed E-state index contributed by atoms with van der Waals surface area (Å²) in [4.78, 5) is 10.2. The van der Waals surface area contributed by atoms with Gasteiger partial charge in [0.05, 0.1) is 6.04 Å². The van der Waals surface area contributed by atoms with Crippen molar-refractivity contribution in [3.63, 3.8) is 0 Å². The number of carbonyl (C=O) groups excluding carboxylic acids is 1. The topological polar surface area (TPSA) is 43.1 Å². The molecule has 0 aromatic heterocycles. The van der Waals surface area contributed by atoms with Crippen molar-refractivity contribution in [3.05, 3.63) is 0 Å². The highest BCUT2D eigenvalue weighted by Crippen LogP contribution is 2.00. The van der Waals surface area contributed by atoms with Crippen LogP contribution in [0.3, 0.4) is 0 Å². The van der Waals surface area contributed by atoms with Gasteiger partial charge in [0.15, 0.2) is 0 Å². The van der Waals surface area contributed by atoms with Crippen LogP contribution in [-0.2, 0) is 4.79 Å². The van der Waals surface area contributed by atoms with E-state index in [0.717, 1.165) is 0 Å². The number of carbonyl (C=O) groups is 1. The van der Waals surface area contributed by atoms with Gasteiger partial charge in [-0.2, -0.15) is 0 Å². The van der Waals surface area contributed by atoms with Crippen molar-refractivity contribution in [1.82, 2.24) is 0 Å². The molecule has 0 aromatic rings. The Morgan fingerprint density at radius 1 is 1.62 bits per heavy atom. The summed E-state index contributed by atoms with van der Waals surface area (Å²) in [5, 5.41) is -0.458. The average molecular weight is 136 g/mol. The third-order valence-electron chi connectivity index (χ3n) is 0.980. The molecule has 2 N–H and O–H groups in total. The minimum atomic E-state index is -0.503. The molecule has 0 saturated carbocycles. The Labute approximate surface area is 54.0 Å². The molecule has 0 aromatic carbocycles. The van der Waals surface area contributed by atoms with E-state index in [1.54, 1.807) is 0 Å². The van der Waals surface area contributed by atoms with Crippen LogP contribution < -0.4 is 5.73 Å². The molecule has 0 amide bonds. The van der Waals surface area contributed by atoms with Crippen molar-refractivity contribution in [2.75, 3.05) is 0 Å². The van der Waals surface area contributed by atoms with Gasteiger partial charge < -0.3 is 5.73 Å². The molecule has 2 nitrogen and oxygen atoms in total. The smallest absolute Gasteiger partial charge is 0.238 e. The molecular weight excluding hydrogens is 126 g/mol. The Balaban J connectivity index is 3.64. The quantitative estimate of drug-likeness (QED) is 0.568. The lowest BCUT2D eigenvalue weighted by Crippen LogP contribution is -2.32. The molecule has 0 aliphatic carbocycles. The highest BCUT2D eigenvalue weighted by molar-refractivity contribution is 6.64. The van der Waals surface area contributed by atoms with Gasteiger partial charge in [-0.1, -0.05) is 13.8 Å². The molecule has 0 fully saturated rings. The van der Waals surface area contributed by atoms with Crippen LogP contribution in [0, 0.1) is 5.92 Å². The summed E-state index contributed by atoms with van der Waals surface area (Å²) in [6.07, 6.45) is 0. The van der Waals surface area contributed by atoms with Crippen LogP contribution in [0.25, 0.3) is 0 Å². The maximum atomic E-state index is 10.2. The molecule has 1 atom stereocenters. The van der Waals surface area contributed by atoms with Crippen molar-refractivity contribution in [1.29, 1.82) is 0 Å². The minimum absolute atomic E-state index is 0.139. The summed E-state index contributed by atoms with van der Waals surface area (Å²) in [6.45, 7) is 3.70. The highest BCUT2D eigenvalue weighted by atomic mass is 35.5. The van der Waals surface area contributed by atoms with E-state index in [2.05, 4.69) is 0 Å². The van der Waals surface area contributed by atoms with Crippen LogP contribution in [0.15, 0.2) is 0 Å². The SMILES string of the molecule is CC(C)C(N)C(=O)Cl. The zero-order chi connectivity index (χ0) is 6.73. The molecule has 0 saturated heterocycles. The van der Waals surface area contributed by atoms with Crippen molar-refractivity contribution >= 4 is 16.8 Å². The second-order valence-electron chi connectivity index (χ2n) is 2.07. The maximum absolute atomic E-state index is 10.2. The van der Waals surface area contributed by atoms with Crippen LogP contribution in [-0.4, -0.2) is 11.3 Å². The van der Waals surface area contributed by atoms with Crippen LogP contribution in [0.2, 0.25) is 0 Å². The van der Waals surface area contributed by atoms with Gasteiger partial charge in [-0.15, -0.1) is 0 Å². The average Bonchev–Trinajstić information content (AvgIpc) is 1.64. The molecule has 0 spiro atoms. The first-order chi connectivity index (χ1) is 3.55. The number of nitrogens with two attached hydrogens (primary N) is 1. The molecule has 0 aliphatic heterocycles. The van der Waals surface area contributed by atoms with Crippen LogP contribution >= 0.6 is 11.6 Å². The number of hydrogen-bond acceptors (Lipinski definition) is 2. The van der Waals surface area contributed by atoms with Gasteiger partial charge in [0.2, 0.25) is 5.24 Å². The van der Waals surface area contributed by atoms with Crippen LogP contribution in [0.1, 0.15) is 13.8 Å². The maximum Gasteiger partial charge on any atom is 0.238 e. The van der Waals surface area contributed by atoms with E-state index < -0.39 is 11.3 Å². The van der Waals surface area contributed by atoms with E-state index in [-0.39, 0.29) is 5.92 Å². The number of halogens is 1. The zero-order valence-electron chi connectivity index (χ0n) is 5.02. The third-order valence-corrected chi connectivity index (χ3v) is 1.23. The zero-order valence-corrected chi connectivity index (χ0v) is 5.77. The lowest BCUT2D eigenvalue weighted by atomic mass is 10.1. The summed E-state index contributed by atoms with van der Waals surface area (Å²) < 4.78 is 0. The Morgan fingerprint density at radius 2 is 2.00 bits per heavy atom. The van der Waals surface area contributed by atoms with Gasteiger partial charge in [0.25, 0.3) is 0 Å². The first-order valence-electron chi connectivity index (χ1n) is 2.50. The summed E-state index contributed by atoms with van der Waals surface area (Å²) in [5.41, 5.74) is 5.28. The van der Waals surface area contributed by atoms with Gasteiger partial charge in [-0.25, -0.2) is 0 Å². The summed E-state index contributed by atoms with van der Waals surface area (Å²) >= 11 is 5.06. The molecule has 8 heavy (non-hydrogen) atoms. The van der Waals surface area contributed by atoms with Gasteiger partial charge in [-0.3, -0.25) is 4.79 Å². The number of rotatable bonds is 2. The molecule has 1 unspecified atom stereocenters. The fourth-order valence-corrected chi connectivity index (χ4v) is 0.514. The fourth-order valence-electron chi connectivity index (χ4n) is 0.262. The fraction of sp³-hybridized carbons (Fsp3) is 0.800.